The van der Waals surface area contributed by atoms with Gasteiger partial charge in [-0.1, -0.05) is 18.2 Å². The number of fused-ring (bicyclic) bond motifs is 2. The number of benzene rings is 2. The van der Waals surface area contributed by atoms with E-state index in [1.165, 1.54) is 29.8 Å². The van der Waals surface area contributed by atoms with E-state index in [-0.39, 0.29) is 11.6 Å². The summed E-state index contributed by atoms with van der Waals surface area (Å²) in [7, 11) is 0. The molecule has 2 aromatic heterocycles. The van der Waals surface area contributed by atoms with Gasteiger partial charge in [0, 0.05) is 30.2 Å². The maximum atomic E-state index is 13.3. The topological polar surface area (TPSA) is 61.3 Å². The first-order valence-corrected chi connectivity index (χ1v) is 10.9. The van der Waals surface area contributed by atoms with Crippen molar-refractivity contribution in [3.05, 3.63) is 71.1 Å². The molecule has 0 unspecified atom stereocenters. The number of ether oxygens (including phenoxy) is 2. The molecule has 0 atom stereocenters. The van der Waals surface area contributed by atoms with Crippen LogP contribution in [0, 0.1) is 5.82 Å². The number of carbonyl (C=O) groups is 1. The second-order valence-electron chi connectivity index (χ2n) is 7.39. The molecule has 0 aliphatic heterocycles. The number of rotatable bonds is 7. The number of ketones is 1. The lowest BCUT2D eigenvalue weighted by atomic mass is 10.1. The Labute approximate surface area is 182 Å². The van der Waals surface area contributed by atoms with Gasteiger partial charge in [-0.3, -0.25) is 4.79 Å². The van der Waals surface area contributed by atoms with Crippen LogP contribution in [-0.2, 0) is 17.6 Å². The lowest BCUT2D eigenvalue weighted by molar-refractivity contribution is -0.117. The van der Waals surface area contributed by atoms with Crippen LogP contribution >= 0.6 is 11.3 Å². The highest BCUT2D eigenvalue weighted by Crippen LogP contribution is 2.37. The SMILES string of the molecule is O=C1Cc2ccc(OCCCOc3ncnc4scc(-c5ccc(F)cc5)c34)cc2C1. The molecule has 0 saturated carbocycles. The van der Waals surface area contributed by atoms with E-state index in [1.54, 1.807) is 12.1 Å². The van der Waals surface area contributed by atoms with Crippen LogP contribution in [0.3, 0.4) is 0 Å². The molecule has 0 saturated heterocycles. The van der Waals surface area contributed by atoms with Crippen molar-refractivity contribution in [2.45, 2.75) is 19.3 Å². The average Bonchev–Trinajstić information content (AvgIpc) is 3.37. The minimum absolute atomic E-state index is 0.255. The Morgan fingerprint density at radius 1 is 0.968 bits per heavy atom. The Morgan fingerprint density at radius 2 is 1.77 bits per heavy atom. The summed E-state index contributed by atoms with van der Waals surface area (Å²) in [5, 5.41) is 2.82. The van der Waals surface area contributed by atoms with Crippen molar-refractivity contribution < 1.29 is 18.7 Å². The molecule has 1 aliphatic carbocycles. The van der Waals surface area contributed by atoms with Gasteiger partial charge in [0.2, 0.25) is 5.88 Å². The first-order valence-electron chi connectivity index (χ1n) is 10.0. The smallest absolute Gasteiger partial charge is 0.225 e. The van der Waals surface area contributed by atoms with Crippen molar-refractivity contribution in [3.8, 4) is 22.8 Å². The van der Waals surface area contributed by atoms with Crippen LogP contribution in [0.25, 0.3) is 21.3 Å². The maximum absolute atomic E-state index is 13.3. The predicted molar refractivity (Wildman–Crippen MR) is 117 cm³/mol. The number of aromatic nitrogens is 2. The van der Waals surface area contributed by atoms with Gasteiger partial charge in [0.05, 0.1) is 18.6 Å². The summed E-state index contributed by atoms with van der Waals surface area (Å²) in [6.07, 6.45) is 3.19. The van der Waals surface area contributed by atoms with Crippen molar-refractivity contribution in [2.75, 3.05) is 13.2 Å². The fourth-order valence-electron chi connectivity index (χ4n) is 3.73. The molecule has 1 aliphatic rings. The highest BCUT2D eigenvalue weighted by Gasteiger charge is 2.18. The minimum Gasteiger partial charge on any atom is -0.493 e. The molecule has 2 aromatic carbocycles. The third-order valence-corrected chi connectivity index (χ3v) is 6.13. The molecule has 0 amide bonds. The summed E-state index contributed by atoms with van der Waals surface area (Å²) < 4.78 is 25.1. The molecule has 5 rings (SSSR count). The van der Waals surface area contributed by atoms with Gasteiger partial charge in [-0.15, -0.1) is 11.3 Å². The first-order chi connectivity index (χ1) is 15.2. The number of Topliss-reactive ketones (excluding diaryl/α,β-unsaturated/α-hetero) is 1. The van der Waals surface area contributed by atoms with Crippen LogP contribution in [0.1, 0.15) is 17.5 Å². The van der Waals surface area contributed by atoms with E-state index in [9.17, 15) is 9.18 Å². The Kier molecular flexibility index (Phi) is 5.34. The quantitative estimate of drug-likeness (QED) is 0.383. The minimum atomic E-state index is -0.272. The van der Waals surface area contributed by atoms with Gasteiger partial charge >= 0.3 is 0 Å². The number of hydrogen-bond acceptors (Lipinski definition) is 6. The standard InChI is InChI=1S/C24H19FN2O3S/c25-18-5-2-15(3-6-18)21-13-31-24-22(21)23(26-14-27-24)30-9-1-8-29-20-7-4-16-10-19(28)11-17(16)12-20/h2-7,12-14H,1,8-11H2. The van der Waals surface area contributed by atoms with Gasteiger partial charge < -0.3 is 9.47 Å². The van der Waals surface area contributed by atoms with E-state index in [4.69, 9.17) is 9.47 Å². The number of hydrogen-bond donors (Lipinski definition) is 0. The molecule has 0 fully saturated rings. The summed E-state index contributed by atoms with van der Waals surface area (Å²) in [5.41, 5.74) is 3.99. The van der Waals surface area contributed by atoms with Crippen LogP contribution in [0.5, 0.6) is 11.6 Å². The van der Waals surface area contributed by atoms with Gasteiger partial charge in [0.15, 0.2) is 0 Å². The highest BCUT2D eigenvalue weighted by molar-refractivity contribution is 7.17. The zero-order valence-electron chi connectivity index (χ0n) is 16.6. The van der Waals surface area contributed by atoms with E-state index < -0.39 is 0 Å². The zero-order chi connectivity index (χ0) is 21.2. The van der Waals surface area contributed by atoms with Crippen LogP contribution in [0.2, 0.25) is 0 Å². The van der Waals surface area contributed by atoms with Crippen molar-refractivity contribution in [3.63, 3.8) is 0 Å². The second kappa shape index (κ2) is 8.43. The van der Waals surface area contributed by atoms with Crippen molar-refractivity contribution in [2.24, 2.45) is 0 Å². The molecule has 0 spiro atoms. The van der Waals surface area contributed by atoms with Gasteiger partial charge in [-0.05, 0) is 41.0 Å². The van der Waals surface area contributed by atoms with Crippen LogP contribution in [-0.4, -0.2) is 29.0 Å². The average molecular weight is 434 g/mol. The molecule has 5 nitrogen and oxygen atoms in total. The van der Waals surface area contributed by atoms with Crippen LogP contribution in [0.15, 0.2) is 54.2 Å². The molecule has 0 N–H and O–H groups in total. The van der Waals surface area contributed by atoms with Crippen molar-refractivity contribution >= 4 is 27.3 Å². The maximum Gasteiger partial charge on any atom is 0.225 e. The second-order valence-corrected chi connectivity index (χ2v) is 8.25. The van der Waals surface area contributed by atoms with E-state index in [2.05, 4.69) is 9.97 Å². The molecule has 4 aromatic rings. The molecule has 31 heavy (non-hydrogen) atoms. The summed E-state index contributed by atoms with van der Waals surface area (Å²) in [6.45, 7) is 0.934. The normalized spacial score (nSPS) is 12.9. The van der Waals surface area contributed by atoms with Crippen molar-refractivity contribution in [1.29, 1.82) is 0 Å². The monoisotopic (exact) mass is 434 g/mol. The highest BCUT2D eigenvalue weighted by atomic mass is 32.1. The summed E-state index contributed by atoms with van der Waals surface area (Å²) >= 11 is 1.50. The summed E-state index contributed by atoms with van der Waals surface area (Å²) in [6, 6.07) is 12.2. The Balaban J connectivity index is 1.22. The number of thiophene rings is 1. The van der Waals surface area contributed by atoms with E-state index in [1.807, 2.05) is 23.6 Å². The number of halogens is 1. The first kappa shape index (κ1) is 19.6. The fraction of sp³-hybridized carbons (Fsp3) is 0.208. The molecular weight excluding hydrogens is 415 g/mol. The van der Waals surface area contributed by atoms with Crippen molar-refractivity contribution in [1.82, 2.24) is 9.97 Å². The molecule has 156 valence electrons. The lowest BCUT2D eigenvalue weighted by Crippen LogP contribution is -2.06. The van der Waals surface area contributed by atoms with Gasteiger partial charge in [-0.2, -0.15) is 0 Å². The molecule has 0 bridgehead atoms. The fourth-order valence-corrected chi connectivity index (χ4v) is 4.64. The zero-order valence-corrected chi connectivity index (χ0v) is 17.5. The summed E-state index contributed by atoms with van der Waals surface area (Å²) in [4.78, 5) is 21.0. The van der Waals surface area contributed by atoms with Gasteiger partial charge in [0.25, 0.3) is 0 Å². The van der Waals surface area contributed by atoms with E-state index in [0.29, 0.717) is 38.4 Å². The molecular formula is C24H19FN2O3S. The number of nitrogens with zero attached hydrogens (tertiary/aromatic N) is 2. The number of carbonyl (C=O) groups excluding carboxylic acids is 1. The third kappa shape index (κ3) is 4.14. The summed E-state index contributed by atoms with van der Waals surface area (Å²) in [5.74, 6) is 1.27. The third-order valence-electron chi connectivity index (χ3n) is 5.24. The lowest BCUT2D eigenvalue weighted by Gasteiger charge is -2.10. The predicted octanol–water partition coefficient (Wildman–Crippen LogP) is 5.01. The van der Waals surface area contributed by atoms with Gasteiger partial charge in [0.1, 0.15) is 28.5 Å². The Bertz CT molecular complexity index is 1250. The van der Waals surface area contributed by atoms with E-state index in [0.717, 1.165) is 38.2 Å². The van der Waals surface area contributed by atoms with E-state index >= 15 is 0 Å². The Hall–Kier alpha value is -3.32. The molecule has 2 heterocycles. The van der Waals surface area contributed by atoms with Gasteiger partial charge in [-0.25, -0.2) is 14.4 Å². The molecule has 0 radical (unpaired) electrons. The van der Waals surface area contributed by atoms with Crippen LogP contribution < -0.4 is 9.47 Å². The van der Waals surface area contributed by atoms with Crippen LogP contribution in [0.4, 0.5) is 4.39 Å². The Morgan fingerprint density at radius 3 is 2.65 bits per heavy atom. The largest absolute Gasteiger partial charge is 0.493 e. The molecule has 7 heteroatoms.